The lowest BCUT2D eigenvalue weighted by Crippen LogP contribution is -2.05. The molecule has 0 bridgehead atoms. The Labute approximate surface area is 105 Å². The van der Waals surface area contributed by atoms with Gasteiger partial charge in [-0.1, -0.05) is 43.5 Å². The fraction of sp³-hybridized carbons (Fsp3) is 0. The average molecular weight is 240 g/mol. The number of hydrogen-bond acceptors (Lipinski definition) is 2. The third-order valence-electron chi connectivity index (χ3n) is 2.55. The molecule has 1 aromatic heterocycles. The quantitative estimate of drug-likeness (QED) is 0.893. The number of carboxylic acids is 1. The number of aromatic carboxylic acids is 1. The molecule has 0 saturated carbocycles. The molecule has 0 spiro atoms. The van der Waals surface area contributed by atoms with Crippen molar-refractivity contribution >= 4 is 18.2 Å². The van der Waals surface area contributed by atoms with Gasteiger partial charge >= 0.3 is 5.97 Å². The van der Waals surface area contributed by atoms with Crippen LogP contribution in [0.1, 0.15) is 16.3 Å². The summed E-state index contributed by atoms with van der Waals surface area (Å²) in [7, 11) is 0. The molecular formula is C14H12N2O2. The van der Waals surface area contributed by atoms with Crippen molar-refractivity contribution in [2.45, 2.75) is 0 Å². The van der Waals surface area contributed by atoms with Gasteiger partial charge in [-0.25, -0.2) is 9.78 Å². The minimum Gasteiger partial charge on any atom is -0.476 e. The van der Waals surface area contributed by atoms with Gasteiger partial charge < -0.3 is 5.11 Å². The summed E-state index contributed by atoms with van der Waals surface area (Å²) in [6, 6.07) is 9.16. The molecule has 2 aromatic rings. The first kappa shape index (κ1) is 11.9. The molecule has 0 radical (unpaired) electrons. The van der Waals surface area contributed by atoms with E-state index in [0.29, 0.717) is 11.5 Å². The van der Waals surface area contributed by atoms with E-state index in [-0.39, 0.29) is 5.69 Å². The van der Waals surface area contributed by atoms with Crippen molar-refractivity contribution in [2.24, 2.45) is 0 Å². The van der Waals surface area contributed by atoms with Gasteiger partial charge in [0.1, 0.15) is 11.5 Å². The van der Waals surface area contributed by atoms with Crippen LogP contribution >= 0.6 is 0 Å². The van der Waals surface area contributed by atoms with Gasteiger partial charge in [0.05, 0.1) is 0 Å². The molecule has 1 aromatic carbocycles. The highest BCUT2D eigenvalue weighted by Crippen LogP contribution is 2.24. The topological polar surface area (TPSA) is 55.1 Å². The zero-order chi connectivity index (χ0) is 13.1. The number of carbonyl (C=O) groups is 1. The Balaban J connectivity index is 2.75. The van der Waals surface area contributed by atoms with Gasteiger partial charge in [-0.2, -0.15) is 0 Å². The van der Waals surface area contributed by atoms with E-state index in [9.17, 15) is 9.90 Å². The van der Waals surface area contributed by atoms with Crippen LogP contribution in [0.3, 0.4) is 0 Å². The number of nitrogens with zero attached hydrogens (tertiary/aromatic N) is 2. The van der Waals surface area contributed by atoms with Crippen molar-refractivity contribution in [1.29, 1.82) is 0 Å². The monoisotopic (exact) mass is 240 g/mol. The Kier molecular flexibility index (Phi) is 3.10. The molecule has 0 aliphatic heterocycles. The summed E-state index contributed by atoms with van der Waals surface area (Å²) < 4.78 is 1.41. The first-order valence-electron chi connectivity index (χ1n) is 5.35. The maximum absolute atomic E-state index is 11.4. The molecule has 18 heavy (non-hydrogen) atoms. The smallest absolute Gasteiger partial charge is 0.355 e. The number of benzene rings is 1. The lowest BCUT2D eigenvalue weighted by molar-refractivity contribution is 0.0689. The number of imidazole rings is 1. The van der Waals surface area contributed by atoms with Crippen LogP contribution in [0, 0.1) is 0 Å². The van der Waals surface area contributed by atoms with Crippen LogP contribution in [0.25, 0.3) is 23.5 Å². The van der Waals surface area contributed by atoms with Crippen molar-refractivity contribution in [3.63, 3.8) is 0 Å². The van der Waals surface area contributed by atoms with Gasteiger partial charge in [0.15, 0.2) is 5.69 Å². The lowest BCUT2D eigenvalue weighted by Gasteiger charge is -2.01. The molecule has 1 heterocycles. The van der Waals surface area contributed by atoms with Gasteiger partial charge in [-0.15, -0.1) is 0 Å². The van der Waals surface area contributed by atoms with E-state index in [1.54, 1.807) is 0 Å². The van der Waals surface area contributed by atoms with Gasteiger partial charge in [0, 0.05) is 11.8 Å². The van der Waals surface area contributed by atoms with Crippen LogP contribution < -0.4 is 0 Å². The van der Waals surface area contributed by atoms with Crippen molar-refractivity contribution in [3.8, 4) is 11.3 Å². The third kappa shape index (κ3) is 1.84. The van der Waals surface area contributed by atoms with E-state index in [1.165, 1.54) is 16.8 Å². The molecule has 0 fully saturated rings. The molecule has 4 nitrogen and oxygen atoms in total. The minimum atomic E-state index is -1.05. The largest absolute Gasteiger partial charge is 0.476 e. The summed E-state index contributed by atoms with van der Waals surface area (Å²) in [6.07, 6.45) is 2.92. The predicted molar refractivity (Wildman–Crippen MR) is 71.1 cm³/mol. The van der Waals surface area contributed by atoms with Crippen LogP contribution in [0.5, 0.6) is 0 Å². The van der Waals surface area contributed by atoms with Gasteiger partial charge in [-0.05, 0) is 6.08 Å². The van der Waals surface area contributed by atoms with Crippen molar-refractivity contribution in [2.75, 3.05) is 0 Å². The van der Waals surface area contributed by atoms with Crippen LogP contribution in [-0.2, 0) is 0 Å². The molecule has 0 aliphatic carbocycles. The molecule has 0 unspecified atom stereocenters. The predicted octanol–water partition coefficient (Wildman–Crippen LogP) is 2.99. The fourth-order valence-corrected chi connectivity index (χ4v) is 1.78. The zero-order valence-corrected chi connectivity index (χ0v) is 9.71. The zero-order valence-electron chi connectivity index (χ0n) is 9.71. The van der Waals surface area contributed by atoms with Gasteiger partial charge in [0.2, 0.25) is 0 Å². The second-order valence-electron chi connectivity index (χ2n) is 3.60. The average Bonchev–Trinajstić information content (AvgIpc) is 2.78. The number of rotatable bonds is 4. The summed E-state index contributed by atoms with van der Waals surface area (Å²) in [5, 5.41) is 9.30. The van der Waals surface area contributed by atoms with Crippen molar-refractivity contribution in [1.82, 2.24) is 9.55 Å². The van der Waals surface area contributed by atoms with E-state index in [0.717, 1.165) is 5.56 Å². The molecule has 0 saturated heterocycles. The van der Waals surface area contributed by atoms with Crippen LogP contribution in [0.2, 0.25) is 0 Å². The van der Waals surface area contributed by atoms with Crippen LogP contribution in [0.15, 0.2) is 43.5 Å². The van der Waals surface area contributed by atoms with Crippen molar-refractivity contribution < 1.29 is 9.90 Å². The molecule has 1 N–H and O–H groups in total. The highest BCUT2D eigenvalue weighted by atomic mass is 16.4. The number of carboxylic acid groups (broad SMARTS) is 1. The van der Waals surface area contributed by atoms with Crippen molar-refractivity contribution in [3.05, 3.63) is 55.0 Å². The summed E-state index contributed by atoms with van der Waals surface area (Å²) >= 11 is 0. The molecule has 0 amide bonds. The van der Waals surface area contributed by atoms with Crippen LogP contribution in [0.4, 0.5) is 0 Å². The maximum atomic E-state index is 11.4. The second-order valence-corrected chi connectivity index (χ2v) is 3.60. The summed E-state index contributed by atoms with van der Waals surface area (Å²) in [6.45, 7) is 7.22. The molecule has 0 aliphatic rings. The Hall–Kier alpha value is -2.62. The number of hydrogen-bond donors (Lipinski definition) is 1. The normalized spacial score (nSPS) is 10.0. The second kappa shape index (κ2) is 4.71. The molecule has 90 valence electrons. The van der Waals surface area contributed by atoms with E-state index in [1.807, 2.05) is 30.3 Å². The maximum Gasteiger partial charge on any atom is 0.355 e. The first-order valence-corrected chi connectivity index (χ1v) is 5.35. The Bertz CT molecular complexity index is 612. The highest BCUT2D eigenvalue weighted by Gasteiger charge is 2.20. The lowest BCUT2D eigenvalue weighted by atomic mass is 10.1. The molecule has 0 atom stereocenters. The molecular weight excluding hydrogens is 228 g/mol. The summed E-state index contributed by atoms with van der Waals surface area (Å²) in [4.78, 5) is 15.6. The van der Waals surface area contributed by atoms with Crippen LogP contribution in [-0.4, -0.2) is 20.6 Å². The Morgan fingerprint density at radius 2 is 1.94 bits per heavy atom. The highest BCUT2D eigenvalue weighted by molar-refractivity contribution is 5.94. The fourth-order valence-electron chi connectivity index (χ4n) is 1.78. The van der Waals surface area contributed by atoms with Gasteiger partial charge in [0.25, 0.3) is 0 Å². The minimum absolute atomic E-state index is 0.0890. The van der Waals surface area contributed by atoms with Gasteiger partial charge in [-0.3, -0.25) is 4.57 Å². The molecule has 4 heteroatoms. The number of aromatic nitrogens is 2. The third-order valence-corrected chi connectivity index (χ3v) is 2.55. The standard InChI is InChI=1S/C14H12N2O2/c1-3-11-15-12(10-8-6-5-7-9-10)13(14(17)18)16(11)4-2/h3-9H,1-2H2,(H,17,18). The first-order chi connectivity index (χ1) is 8.69. The van der Waals surface area contributed by atoms with E-state index >= 15 is 0 Å². The summed E-state index contributed by atoms with van der Waals surface area (Å²) in [5.74, 6) is -0.587. The van der Waals surface area contributed by atoms with E-state index < -0.39 is 5.97 Å². The molecule has 2 rings (SSSR count). The Morgan fingerprint density at radius 3 is 2.44 bits per heavy atom. The Morgan fingerprint density at radius 1 is 1.28 bits per heavy atom. The SMILES string of the molecule is C=Cc1nc(-c2ccccc2)c(C(=O)O)n1C=C. The van der Waals surface area contributed by atoms with E-state index in [4.69, 9.17) is 0 Å². The summed E-state index contributed by atoms with van der Waals surface area (Å²) in [5.41, 5.74) is 1.25. The van der Waals surface area contributed by atoms with E-state index in [2.05, 4.69) is 18.1 Å².